The predicted octanol–water partition coefficient (Wildman–Crippen LogP) is 2.94. The molecule has 0 fully saturated rings. The molecule has 0 aliphatic rings. The van der Waals surface area contributed by atoms with E-state index in [2.05, 4.69) is 5.32 Å². The van der Waals surface area contributed by atoms with Crippen molar-refractivity contribution in [3.05, 3.63) is 34.6 Å². The van der Waals surface area contributed by atoms with Gasteiger partial charge in [-0.25, -0.2) is 9.18 Å². The van der Waals surface area contributed by atoms with Crippen LogP contribution in [0.4, 0.5) is 4.39 Å². The van der Waals surface area contributed by atoms with Crippen LogP contribution in [0.5, 0.6) is 0 Å². The van der Waals surface area contributed by atoms with E-state index in [9.17, 15) is 14.0 Å². The molecule has 1 amide bonds. The van der Waals surface area contributed by atoms with Crippen molar-refractivity contribution in [3.63, 3.8) is 0 Å². The molecule has 0 aliphatic heterocycles. The van der Waals surface area contributed by atoms with E-state index in [4.69, 9.17) is 16.3 Å². The van der Waals surface area contributed by atoms with Crippen molar-refractivity contribution in [2.45, 2.75) is 32.7 Å². The molecule has 0 bridgehead atoms. The number of unbranched alkanes of at least 4 members (excludes halogenated alkanes) is 1. The molecule has 0 spiro atoms. The number of hydrogen-bond acceptors (Lipinski definition) is 3. The van der Waals surface area contributed by atoms with Crippen molar-refractivity contribution in [3.8, 4) is 0 Å². The molecule has 0 aliphatic carbocycles. The Hall–Kier alpha value is -1.62. The van der Waals surface area contributed by atoms with Crippen molar-refractivity contribution in [2.75, 3.05) is 6.61 Å². The second kappa shape index (κ2) is 7.85. The van der Waals surface area contributed by atoms with Crippen LogP contribution in [0.3, 0.4) is 0 Å². The van der Waals surface area contributed by atoms with Crippen molar-refractivity contribution < 1.29 is 18.7 Å². The lowest BCUT2D eigenvalue weighted by Gasteiger charge is -2.13. The van der Waals surface area contributed by atoms with Crippen LogP contribution in [0, 0.1) is 5.82 Å². The molecule has 1 N–H and O–H groups in total. The Balaban J connectivity index is 2.61. The molecule has 110 valence electrons. The van der Waals surface area contributed by atoms with Gasteiger partial charge in [0.25, 0.3) is 5.91 Å². The number of carbonyl (C=O) groups is 2. The van der Waals surface area contributed by atoms with E-state index in [1.54, 1.807) is 0 Å². The summed E-state index contributed by atoms with van der Waals surface area (Å²) in [4.78, 5) is 23.4. The lowest BCUT2D eigenvalue weighted by molar-refractivity contribution is -0.145. The van der Waals surface area contributed by atoms with Gasteiger partial charge in [-0.2, -0.15) is 0 Å². The molecule has 20 heavy (non-hydrogen) atoms. The monoisotopic (exact) mass is 301 g/mol. The van der Waals surface area contributed by atoms with Gasteiger partial charge in [0.15, 0.2) is 5.82 Å². The Kier molecular flexibility index (Phi) is 6.45. The summed E-state index contributed by atoms with van der Waals surface area (Å²) in [5.74, 6) is -2.06. The van der Waals surface area contributed by atoms with E-state index in [1.807, 2.05) is 6.92 Å². The standard InChI is InChI=1S/C14H17ClFNO3/c1-3-4-8-20-14(19)9(2)17-13(18)10-6-5-7-11(15)12(10)16/h5-7,9H,3-4,8H2,1-2H3,(H,17,18). The van der Waals surface area contributed by atoms with E-state index in [0.29, 0.717) is 6.61 Å². The van der Waals surface area contributed by atoms with Crippen LogP contribution in [0.2, 0.25) is 5.02 Å². The normalized spacial score (nSPS) is 11.8. The number of ether oxygens (including phenoxy) is 1. The lowest BCUT2D eigenvalue weighted by atomic mass is 10.2. The maximum absolute atomic E-state index is 13.6. The number of esters is 1. The number of hydrogen-bond donors (Lipinski definition) is 1. The SMILES string of the molecule is CCCCOC(=O)C(C)NC(=O)c1cccc(Cl)c1F. The second-order valence-electron chi connectivity index (χ2n) is 4.32. The zero-order chi connectivity index (χ0) is 15.1. The molecule has 1 atom stereocenters. The molecule has 1 unspecified atom stereocenters. The zero-order valence-electron chi connectivity index (χ0n) is 11.4. The van der Waals surface area contributed by atoms with Crippen LogP contribution in [0.15, 0.2) is 18.2 Å². The van der Waals surface area contributed by atoms with Crippen LogP contribution < -0.4 is 5.32 Å². The minimum Gasteiger partial charge on any atom is -0.464 e. The Morgan fingerprint density at radius 2 is 2.15 bits per heavy atom. The molecular formula is C14H17ClFNO3. The minimum atomic E-state index is -0.849. The number of carbonyl (C=O) groups excluding carboxylic acids is 2. The highest BCUT2D eigenvalue weighted by atomic mass is 35.5. The highest BCUT2D eigenvalue weighted by molar-refractivity contribution is 6.31. The summed E-state index contributed by atoms with van der Waals surface area (Å²) in [6, 6.07) is 3.25. The summed E-state index contributed by atoms with van der Waals surface area (Å²) < 4.78 is 18.6. The predicted molar refractivity (Wildman–Crippen MR) is 74.2 cm³/mol. The first-order valence-electron chi connectivity index (χ1n) is 6.38. The Morgan fingerprint density at radius 3 is 2.80 bits per heavy atom. The highest BCUT2D eigenvalue weighted by Gasteiger charge is 2.20. The second-order valence-corrected chi connectivity index (χ2v) is 4.72. The van der Waals surface area contributed by atoms with Crippen LogP contribution in [-0.2, 0) is 9.53 Å². The van der Waals surface area contributed by atoms with E-state index in [0.717, 1.165) is 12.8 Å². The van der Waals surface area contributed by atoms with Gasteiger partial charge < -0.3 is 10.1 Å². The van der Waals surface area contributed by atoms with Gasteiger partial charge in [0.1, 0.15) is 6.04 Å². The molecule has 0 saturated carbocycles. The third-order valence-electron chi connectivity index (χ3n) is 2.64. The molecular weight excluding hydrogens is 285 g/mol. The maximum Gasteiger partial charge on any atom is 0.328 e. The zero-order valence-corrected chi connectivity index (χ0v) is 12.2. The van der Waals surface area contributed by atoms with Crippen LogP contribution in [-0.4, -0.2) is 24.5 Å². The number of rotatable bonds is 6. The molecule has 1 rings (SSSR count). The van der Waals surface area contributed by atoms with Gasteiger partial charge in [-0.1, -0.05) is 31.0 Å². The molecule has 6 heteroatoms. The maximum atomic E-state index is 13.6. The lowest BCUT2D eigenvalue weighted by Crippen LogP contribution is -2.40. The van der Waals surface area contributed by atoms with Gasteiger partial charge in [0, 0.05) is 0 Å². The number of nitrogens with one attached hydrogen (secondary N) is 1. The molecule has 0 radical (unpaired) electrons. The summed E-state index contributed by atoms with van der Waals surface area (Å²) in [5, 5.41) is 2.24. The first kappa shape index (κ1) is 16.4. The molecule has 0 aromatic heterocycles. The molecule has 1 aromatic carbocycles. The van der Waals surface area contributed by atoms with Crippen LogP contribution in [0.25, 0.3) is 0 Å². The van der Waals surface area contributed by atoms with Crippen LogP contribution in [0.1, 0.15) is 37.0 Å². The smallest absolute Gasteiger partial charge is 0.328 e. The minimum absolute atomic E-state index is 0.143. The summed E-state index contributed by atoms with van der Waals surface area (Å²) in [7, 11) is 0. The topological polar surface area (TPSA) is 55.4 Å². The Labute approximate surface area is 122 Å². The van der Waals surface area contributed by atoms with Gasteiger partial charge in [-0.05, 0) is 25.5 Å². The molecule has 4 nitrogen and oxygen atoms in total. The van der Waals surface area contributed by atoms with Crippen molar-refractivity contribution >= 4 is 23.5 Å². The van der Waals surface area contributed by atoms with Gasteiger partial charge in [0.2, 0.25) is 0 Å². The number of amides is 1. The summed E-state index contributed by atoms with van der Waals surface area (Å²) in [6.07, 6.45) is 1.66. The Morgan fingerprint density at radius 1 is 1.45 bits per heavy atom. The average molecular weight is 302 g/mol. The third-order valence-corrected chi connectivity index (χ3v) is 2.93. The fraction of sp³-hybridized carbons (Fsp3) is 0.429. The largest absolute Gasteiger partial charge is 0.464 e. The average Bonchev–Trinajstić information content (AvgIpc) is 2.41. The van der Waals surface area contributed by atoms with Crippen LogP contribution >= 0.6 is 11.6 Å². The fourth-order valence-corrected chi connectivity index (χ4v) is 1.63. The van der Waals surface area contributed by atoms with E-state index in [1.165, 1.54) is 25.1 Å². The van der Waals surface area contributed by atoms with E-state index in [-0.39, 0.29) is 10.6 Å². The van der Waals surface area contributed by atoms with Crippen molar-refractivity contribution in [2.24, 2.45) is 0 Å². The molecule has 1 aromatic rings. The Bertz CT molecular complexity index is 493. The number of benzene rings is 1. The highest BCUT2D eigenvalue weighted by Crippen LogP contribution is 2.17. The summed E-state index contributed by atoms with van der Waals surface area (Å²) in [5.41, 5.74) is -0.203. The first-order chi connectivity index (χ1) is 9.47. The van der Waals surface area contributed by atoms with Gasteiger partial charge in [0.05, 0.1) is 17.2 Å². The van der Waals surface area contributed by atoms with E-state index >= 15 is 0 Å². The fourth-order valence-electron chi connectivity index (χ4n) is 1.45. The van der Waals surface area contributed by atoms with Crippen molar-refractivity contribution in [1.29, 1.82) is 0 Å². The molecule has 0 saturated heterocycles. The number of halogens is 2. The first-order valence-corrected chi connectivity index (χ1v) is 6.76. The van der Waals surface area contributed by atoms with Gasteiger partial charge in [-0.15, -0.1) is 0 Å². The summed E-state index contributed by atoms with van der Waals surface area (Å²) >= 11 is 5.59. The van der Waals surface area contributed by atoms with Gasteiger partial charge in [-0.3, -0.25) is 4.79 Å². The third kappa shape index (κ3) is 4.49. The quantitative estimate of drug-likeness (QED) is 0.649. The van der Waals surface area contributed by atoms with Crippen molar-refractivity contribution in [1.82, 2.24) is 5.32 Å². The molecule has 0 heterocycles. The summed E-state index contributed by atoms with van der Waals surface area (Å²) in [6.45, 7) is 3.76. The van der Waals surface area contributed by atoms with Gasteiger partial charge >= 0.3 is 5.97 Å². The van der Waals surface area contributed by atoms with E-state index < -0.39 is 23.7 Å².